The number of fused-ring (bicyclic) bond motifs is 2. The summed E-state index contributed by atoms with van der Waals surface area (Å²) in [6.45, 7) is 1.30. The predicted octanol–water partition coefficient (Wildman–Crippen LogP) is 3.14. The van der Waals surface area contributed by atoms with Gasteiger partial charge in [0.25, 0.3) is 0 Å². The molecule has 1 saturated carbocycles. The molecule has 3 aliphatic rings. The van der Waals surface area contributed by atoms with Crippen molar-refractivity contribution in [3.63, 3.8) is 0 Å². The van der Waals surface area contributed by atoms with Gasteiger partial charge in [-0.2, -0.15) is 0 Å². The smallest absolute Gasteiger partial charge is 0.161 e. The number of carbonyl (C=O) groups is 1. The number of benzene rings is 2. The molecule has 2 aromatic rings. The van der Waals surface area contributed by atoms with E-state index in [2.05, 4.69) is 35.7 Å². The number of nitrogens with one attached hydrogen (secondary N) is 1. The normalized spacial score (nSPS) is 28.0. The standard InChI is InChI=1S/C22H21NO3/c1-25-19-9-15-12-23-21-18-10-16(24)7-8-22(18,21)17(15)11-20(19)26-13-14-5-3-2-4-6-14/h2-9,11,18,21,23H,10,12-13H2,1H3/t18-,21?,22+/m1/s1. The highest BCUT2D eigenvalue weighted by Gasteiger charge is 2.67. The molecule has 1 N–H and O–H groups in total. The second-order valence-electron chi connectivity index (χ2n) is 7.34. The summed E-state index contributed by atoms with van der Waals surface area (Å²) in [6.07, 6.45) is 4.48. The molecule has 1 unspecified atom stereocenters. The second-order valence-corrected chi connectivity index (χ2v) is 7.34. The monoisotopic (exact) mass is 347 g/mol. The lowest BCUT2D eigenvalue weighted by Gasteiger charge is -2.27. The molecule has 0 saturated heterocycles. The van der Waals surface area contributed by atoms with Crippen LogP contribution in [-0.4, -0.2) is 18.9 Å². The largest absolute Gasteiger partial charge is 0.493 e. The summed E-state index contributed by atoms with van der Waals surface area (Å²) in [5.41, 5.74) is 3.57. The summed E-state index contributed by atoms with van der Waals surface area (Å²) in [7, 11) is 1.67. The first kappa shape index (κ1) is 15.6. The van der Waals surface area contributed by atoms with E-state index in [0.717, 1.165) is 23.6 Å². The van der Waals surface area contributed by atoms with Crippen molar-refractivity contribution in [3.05, 3.63) is 71.3 Å². The van der Waals surface area contributed by atoms with Crippen LogP contribution in [0.3, 0.4) is 0 Å². The van der Waals surface area contributed by atoms with Crippen molar-refractivity contribution in [1.82, 2.24) is 5.32 Å². The Morgan fingerprint density at radius 1 is 1.19 bits per heavy atom. The van der Waals surface area contributed by atoms with Gasteiger partial charge in [0.1, 0.15) is 6.61 Å². The average Bonchev–Trinajstić information content (AvgIpc) is 3.35. The van der Waals surface area contributed by atoms with Crippen molar-refractivity contribution in [2.75, 3.05) is 7.11 Å². The molecule has 1 heterocycles. The van der Waals surface area contributed by atoms with Crippen molar-refractivity contribution in [2.45, 2.75) is 31.0 Å². The van der Waals surface area contributed by atoms with E-state index in [-0.39, 0.29) is 11.2 Å². The third-order valence-corrected chi connectivity index (χ3v) is 5.99. The van der Waals surface area contributed by atoms with Crippen molar-refractivity contribution >= 4 is 5.78 Å². The van der Waals surface area contributed by atoms with Gasteiger partial charge in [-0.3, -0.25) is 4.79 Å². The first-order valence-electron chi connectivity index (χ1n) is 9.06. The number of ether oxygens (including phenoxy) is 2. The van der Waals surface area contributed by atoms with Gasteiger partial charge < -0.3 is 14.8 Å². The molecule has 1 spiro atoms. The number of carbonyl (C=O) groups excluding carboxylic acids is 1. The van der Waals surface area contributed by atoms with E-state index < -0.39 is 0 Å². The first-order chi connectivity index (χ1) is 12.7. The average molecular weight is 347 g/mol. The Bertz CT molecular complexity index is 905. The Hall–Kier alpha value is -2.59. The molecule has 4 heteroatoms. The van der Waals surface area contributed by atoms with Crippen LogP contribution in [0, 0.1) is 5.92 Å². The van der Waals surface area contributed by atoms with Gasteiger partial charge in [0, 0.05) is 24.4 Å². The fourth-order valence-corrected chi connectivity index (χ4v) is 4.66. The van der Waals surface area contributed by atoms with Gasteiger partial charge in [-0.1, -0.05) is 36.4 Å². The van der Waals surface area contributed by atoms with Crippen LogP contribution in [-0.2, 0) is 23.4 Å². The SMILES string of the molecule is COc1cc2c(cc1OCc1ccccc1)[C@@]13C=CC(=O)C[C@@H]1C3NC2. The Balaban J connectivity index is 1.51. The van der Waals surface area contributed by atoms with E-state index in [1.165, 1.54) is 11.1 Å². The van der Waals surface area contributed by atoms with Crippen LogP contribution >= 0.6 is 0 Å². The Morgan fingerprint density at radius 3 is 2.85 bits per heavy atom. The van der Waals surface area contributed by atoms with Crippen LogP contribution < -0.4 is 14.8 Å². The second kappa shape index (κ2) is 5.71. The summed E-state index contributed by atoms with van der Waals surface area (Å²) in [6, 6.07) is 14.7. The molecule has 3 atom stereocenters. The Labute approximate surface area is 152 Å². The Kier molecular flexibility index (Phi) is 3.44. The maximum atomic E-state index is 11.8. The number of hydrogen-bond acceptors (Lipinski definition) is 4. The topological polar surface area (TPSA) is 47.6 Å². The van der Waals surface area contributed by atoms with Crippen molar-refractivity contribution < 1.29 is 14.3 Å². The summed E-state index contributed by atoms with van der Waals surface area (Å²) < 4.78 is 11.7. The highest BCUT2D eigenvalue weighted by atomic mass is 16.5. The maximum absolute atomic E-state index is 11.8. The zero-order chi connectivity index (χ0) is 17.7. The van der Waals surface area contributed by atoms with Crippen LogP contribution in [0.25, 0.3) is 0 Å². The van der Waals surface area contributed by atoms with Crippen LogP contribution in [0.15, 0.2) is 54.6 Å². The van der Waals surface area contributed by atoms with E-state index in [0.29, 0.717) is 25.0 Å². The van der Waals surface area contributed by atoms with Crippen molar-refractivity contribution in [2.24, 2.45) is 5.92 Å². The lowest BCUT2D eigenvalue weighted by atomic mass is 9.83. The van der Waals surface area contributed by atoms with Gasteiger partial charge >= 0.3 is 0 Å². The zero-order valence-corrected chi connectivity index (χ0v) is 14.7. The lowest BCUT2D eigenvalue weighted by molar-refractivity contribution is -0.115. The highest BCUT2D eigenvalue weighted by molar-refractivity contribution is 5.93. The molecule has 132 valence electrons. The zero-order valence-electron chi connectivity index (χ0n) is 14.7. The molecule has 2 aliphatic carbocycles. The quantitative estimate of drug-likeness (QED) is 0.923. The molecule has 4 nitrogen and oxygen atoms in total. The summed E-state index contributed by atoms with van der Waals surface area (Å²) >= 11 is 0. The molecule has 1 fully saturated rings. The van der Waals surface area contributed by atoms with E-state index in [4.69, 9.17) is 9.47 Å². The molecule has 0 radical (unpaired) electrons. The van der Waals surface area contributed by atoms with Gasteiger partial charge in [-0.05, 0) is 40.8 Å². The number of hydrogen-bond donors (Lipinski definition) is 1. The third-order valence-electron chi connectivity index (χ3n) is 5.99. The van der Waals surface area contributed by atoms with Gasteiger partial charge in [-0.25, -0.2) is 0 Å². The maximum Gasteiger partial charge on any atom is 0.161 e. The summed E-state index contributed by atoms with van der Waals surface area (Å²) in [5.74, 6) is 2.11. The summed E-state index contributed by atoms with van der Waals surface area (Å²) in [5, 5.41) is 3.59. The van der Waals surface area contributed by atoms with E-state index in [1.54, 1.807) is 13.2 Å². The lowest BCUT2D eigenvalue weighted by Crippen LogP contribution is -2.31. The molecule has 0 aromatic heterocycles. The molecular formula is C22H21NO3. The van der Waals surface area contributed by atoms with Gasteiger partial charge in [0.15, 0.2) is 17.3 Å². The fourth-order valence-electron chi connectivity index (χ4n) is 4.66. The van der Waals surface area contributed by atoms with E-state index >= 15 is 0 Å². The van der Waals surface area contributed by atoms with Crippen molar-refractivity contribution in [3.8, 4) is 11.5 Å². The summed E-state index contributed by atoms with van der Waals surface area (Å²) in [4.78, 5) is 11.8. The minimum absolute atomic E-state index is 0.0569. The van der Waals surface area contributed by atoms with Gasteiger partial charge in [0.2, 0.25) is 0 Å². The fraction of sp³-hybridized carbons (Fsp3) is 0.318. The van der Waals surface area contributed by atoms with Gasteiger partial charge in [0.05, 0.1) is 7.11 Å². The van der Waals surface area contributed by atoms with Crippen LogP contribution in [0.4, 0.5) is 0 Å². The minimum Gasteiger partial charge on any atom is -0.493 e. The van der Waals surface area contributed by atoms with Crippen LogP contribution in [0.2, 0.25) is 0 Å². The van der Waals surface area contributed by atoms with E-state index in [1.807, 2.05) is 18.2 Å². The molecule has 0 bridgehead atoms. The number of allylic oxidation sites excluding steroid dienone is 1. The predicted molar refractivity (Wildman–Crippen MR) is 98.3 cm³/mol. The molecule has 2 aromatic carbocycles. The molecule has 1 aliphatic heterocycles. The van der Waals surface area contributed by atoms with Gasteiger partial charge in [-0.15, -0.1) is 0 Å². The minimum atomic E-state index is -0.0569. The molecular weight excluding hydrogens is 326 g/mol. The molecule has 5 rings (SSSR count). The number of rotatable bonds is 4. The molecule has 26 heavy (non-hydrogen) atoms. The third kappa shape index (κ3) is 2.22. The Morgan fingerprint density at radius 2 is 2.04 bits per heavy atom. The van der Waals surface area contributed by atoms with E-state index in [9.17, 15) is 4.79 Å². The first-order valence-corrected chi connectivity index (χ1v) is 9.06. The van der Waals surface area contributed by atoms with Crippen molar-refractivity contribution in [1.29, 1.82) is 0 Å². The highest BCUT2D eigenvalue weighted by Crippen LogP contribution is 2.62. The number of ketones is 1. The molecule has 0 amide bonds. The van der Waals surface area contributed by atoms with Crippen LogP contribution in [0.1, 0.15) is 23.1 Å². The number of methoxy groups -OCH3 is 1. The van der Waals surface area contributed by atoms with Crippen LogP contribution in [0.5, 0.6) is 11.5 Å².